The van der Waals surface area contributed by atoms with Crippen LogP contribution >= 0.6 is 0 Å². The smallest absolute Gasteiger partial charge is 0.223 e. The van der Waals surface area contributed by atoms with Gasteiger partial charge in [0.25, 0.3) is 0 Å². The zero-order valence-corrected chi connectivity index (χ0v) is 17.3. The number of benzene rings is 1. The van der Waals surface area contributed by atoms with Crippen molar-refractivity contribution in [2.45, 2.75) is 45.2 Å². The van der Waals surface area contributed by atoms with E-state index in [0.29, 0.717) is 6.42 Å². The second-order valence-corrected chi connectivity index (χ2v) is 7.86. The molecule has 0 spiro atoms. The number of ether oxygens (including phenoxy) is 1. The molecule has 0 saturated carbocycles. The zero-order valence-electron chi connectivity index (χ0n) is 17.3. The molecule has 0 atom stereocenters. The van der Waals surface area contributed by atoms with Gasteiger partial charge >= 0.3 is 0 Å². The van der Waals surface area contributed by atoms with Gasteiger partial charge in [-0.2, -0.15) is 0 Å². The van der Waals surface area contributed by atoms with Crippen LogP contribution < -0.4 is 5.32 Å². The van der Waals surface area contributed by atoms with E-state index < -0.39 is 0 Å². The summed E-state index contributed by atoms with van der Waals surface area (Å²) in [7, 11) is 3.90. The minimum atomic E-state index is 0.237. The quantitative estimate of drug-likeness (QED) is 0.445. The molecule has 1 aromatic rings. The number of carbonyl (C=O) groups is 1. The molecule has 1 fully saturated rings. The third-order valence-electron chi connectivity index (χ3n) is 5.83. The Hall–Kier alpha value is -2.08. The Morgan fingerprint density at radius 2 is 1.93 bits per heavy atom. The molecule has 0 aliphatic carbocycles. The van der Waals surface area contributed by atoms with E-state index in [2.05, 4.69) is 34.4 Å². The Bertz CT molecular complexity index is 645. The van der Waals surface area contributed by atoms with Crippen molar-refractivity contribution in [2.75, 3.05) is 40.4 Å². The highest BCUT2D eigenvalue weighted by molar-refractivity contribution is 5.80. The first-order valence-electron chi connectivity index (χ1n) is 10.5. The summed E-state index contributed by atoms with van der Waals surface area (Å²) >= 11 is 0. The summed E-state index contributed by atoms with van der Waals surface area (Å²) in [4.78, 5) is 21.0. The summed E-state index contributed by atoms with van der Waals surface area (Å²) in [6.07, 6.45) is 4.90. The van der Waals surface area contributed by atoms with Crippen molar-refractivity contribution >= 4 is 11.9 Å². The average molecular weight is 387 g/mol. The van der Waals surface area contributed by atoms with E-state index in [0.717, 1.165) is 57.7 Å². The van der Waals surface area contributed by atoms with Crippen molar-refractivity contribution in [1.82, 2.24) is 15.1 Å². The number of amides is 1. The standard InChI is InChI=1S/C22H34N4O2/c1-23-22(25(2)13-9-18-10-14-28-15-11-18)24-12-5-8-21(27)26-16-19-6-3-4-7-20(19)17-26/h3-4,6-7,18H,5,8-17H2,1-2H3,(H,23,24). The molecule has 3 rings (SSSR count). The summed E-state index contributed by atoms with van der Waals surface area (Å²) in [6.45, 7) is 5.06. The molecule has 28 heavy (non-hydrogen) atoms. The van der Waals surface area contributed by atoms with Gasteiger partial charge in [-0.25, -0.2) is 0 Å². The maximum atomic E-state index is 12.5. The maximum Gasteiger partial charge on any atom is 0.223 e. The van der Waals surface area contributed by atoms with Gasteiger partial charge in [0.05, 0.1) is 0 Å². The molecule has 2 aliphatic rings. The van der Waals surface area contributed by atoms with Crippen LogP contribution in [0.1, 0.15) is 43.2 Å². The van der Waals surface area contributed by atoms with Crippen molar-refractivity contribution in [3.05, 3.63) is 35.4 Å². The van der Waals surface area contributed by atoms with Crippen LogP contribution in [-0.4, -0.2) is 62.1 Å². The summed E-state index contributed by atoms with van der Waals surface area (Å²) < 4.78 is 5.43. The first kappa shape index (κ1) is 20.6. The van der Waals surface area contributed by atoms with E-state index in [9.17, 15) is 4.79 Å². The molecule has 1 aromatic carbocycles. The summed E-state index contributed by atoms with van der Waals surface area (Å²) in [5.41, 5.74) is 2.56. The fraction of sp³-hybridized carbons (Fsp3) is 0.636. The molecule has 6 heteroatoms. The van der Waals surface area contributed by atoms with Crippen LogP contribution in [-0.2, 0) is 22.6 Å². The predicted molar refractivity (Wildman–Crippen MR) is 112 cm³/mol. The highest BCUT2D eigenvalue weighted by Gasteiger charge is 2.22. The number of nitrogens with zero attached hydrogens (tertiary/aromatic N) is 3. The minimum absolute atomic E-state index is 0.237. The molecule has 154 valence electrons. The molecular formula is C22H34N4O2. The highest BCUT2D eigenvalue weighted by atomic mass is 16.5. The van der Waals surface area contributed by atoms with Crippen LogP contribution in [0.3, 0.4) is 0 Å². The van der Waals surface area contributed by atoms with Crippen LogP contribution in [0, 0.1) is 5.92 Å². The second-order valence-electron chi connectivity index (χ2n) is 7.86. The summed E-state index contributed by atoms with van der Waals surface area (Å²) in [5, 5.41) is 3.40. The van der Waals surface area contributed by atoms with Gasteiger partial charge in [0.15, 0.2) is 5.96 Å². The zero-order chi connectivity index (χ0) is 19.8. The molecule has 2 aliphatic heterocycles. The van der Waals surface area contributed by atoms with E-state index in [1.807, 2.05) is 24.1 Å². The van der Waals surface area contributed by atoms with E-state index >= 15 is 0 Å². The lowest BCUT2D eigenvalue weighted by Gasteiger charge is -2.26. The fourth-order valence-electron chi connectivity index (χ4n) is 4.01. The molecule has 2 heterocycles. The Kier molecular flexibility index (Phi) is 7.71. The molecule has 1 amide bonds. The van der Waals surface area contributed by atoms with E-state index in [1.165, 1.54) is 30.4 Å². The molecule has 1 N–H and O–H groups in total. The van der Waals surface area contributed by atoms with Crippen molar-refractivity contribution in [3.8, 4) is 0 Å². The molecule has 0 unspecified atom stereocenters. The van der Waals surface area contributed by atoms with E-state index in [1.54, 1.807) is 0 Å². The summed E-state index contributed by atoms with van der Waals surface area (Å²) in [5.74, 6) is 1.91. The number of guanidine groups is 1. The Balaban J connectivity index is 1.32. The fourth-order valence-corrected chi connectivity index (χ4v) is 4.01. The molecule has 0 radical (unpaired) electrons. The van der Waals surface area contributed by atoms with Gasteiger partial charge in [-0.15, -0.1) is 0 Å². The van der Waals surface area contributed by atoms with Crippen LogP contribution in [0.4, 0.5) is 0 Å². The van der Waals surface area contributed by atoms with Crippen LogP contribution in [0.2, 0.25) is 0 Å². The number of hydrogen-bond donors (Lipinski definition) is 1. The third kappa shape index (κ3) is 5.71. The normalized spacial score (nSPS) is 17.5. The van der Waals surface area contributed by atoms with Gasteiger partial charge < -0.3 is 19.9 Å². The Morgan fingerprint density at radius 1 is 1.25 bits per heavy atom. The van der Waals surface area contributed by atoms with Gasteiger partial charge in [-0.05, 0) is 42.7 Å². The molecule has 6 nitrogen and oxygen atoms in total. The minimum Gasteiger partial charge on any atom is -0.381 e. The molecular weight excluding hydrogens is 352 g/mol. The predicted octanol–water partition coefficient (Wildman–Crippen LogP) is 2.63. The van der Waals surface area contributed by atoms with Crippen LogP contribution in [0.25, 0.3) is 0 Å². The van der Waals surface area contributed by atoms with E-state index in [-0.39, 0.29) is 5.91 Å². The van der Waals surface area contributed by atoms with Crippen LogP contribution in [0.15, 0.2) is 29.3 Å². The summed E-state index contributed by atoms with van der Waals surface area (Å²) in [6, 6.07) is 8.32. The average Bonchev–Trinajstić information content (AvgIpc) is 3.17. The largest absolute Gasteiger partial charge is 0.381 e. The van der Waals surface area contributed by atoms with Gasteiger partial charge in [0.2, 0.25) is 5.91 Å². The first-order valence-corrected chi connectivity index (χ1v) is 10.5. The van der Waals surface area contributed by atoms with Gasteiger partial charge in [-0.1, -0.05) is 24.3 Å². The maximum absolute atomic E-state index is 12.5. The topological polar surface area (TPSA) is 57.2 Å². The van der Waals surface area contributed by atoms with Gasteiger partial charge in [0, 0.05) is 59.9 Å². The third-order valence-corrected chi connectivity index (χ3v) is 5.83. The monoisotopic (exact) mass is 386 g/mol. The van der Waals surface area contributed by atoms with Crippen molar-refractivity contribution in [3.63, 3.8) is 0 Å². The molecule has 1 saturated heterocycles. The first-order chi connectivity index (χ1) is 13.7. The lowest BCUT2D eigenvalue weighted by Crippen LogP contribution is -2.40. The molecule has 0 aromatic heterocycles. The number of nitrogens with one attached hydrogen (secondary N) is 1. The Morgan fingerprint density at radius 3 is 2.57 bits per heavy atom. The van der Waals surface area contributed by atoms with Crippen molar-refractivity contribution < 1.29 is 9.53 Å². The van der Waals surface area contributed by atoms with E-state index in [4.69, 9.17) is 4.74 Å². The lowest BCUT2D eigenvalue weighted by molar-refractivity contribution is -0.131. The van der Waals surface area contributed by atoms with Crippen LogP contribution in [0.5, 0.6) is 0 Å². The number of hydrogen-bond acceptors (Lipinski definition) is 3. The lowest BCUT2D eigenvalue weighted by atomic mass is 9.96. The van der Waals surface area contributed by atoms with Gasteiger partial charge in [-0.3, -0.25) is 9.79 Å². The second kappa shape index (κ2) is 10.5. The number of carbonyl (C=O) groups excluding carboxylic acids is 1. The van der Waals surface area contributed by atoms with Crippen molar-refractivity contribution in [1.29, 1.82) is 0 Å². The Labute approximate surface area is 168 Å². The SMILES string of the molecule is CN=C(NCCCC(=O)N1Cc2ccccc2C1)N(C)CCC1CCOCC1. The number of rotatable bonds is 7. The molecule has 0 bridgehead atoms. The number of fused-ring (bicyclic) bond motifs is 1. The van der Waals surface area contributed by atoms with Gasteiger partial charge in [0.1, 0.15) is 0 Å². The highest BCUT2D eigenvalue weighted by Crippen LogP contribution is 2.23. The number of aliphatic imine (C=N–C) groups is 1. The van der Waals surface area contributed by atoms with Crippen molar-refractivity contribution in [2.24, 2.45) is 10.9 Å².